The first kappa shape index (κ1) is 12.1. The topological polar surface area (TPSA) is 69.0 Å². The third kappa shape index (κ3) is 3.07. The van der Waals surface area contributed by atoms with E-state index in [0.29, 0.717) is 5.75 Å². The van der Waals surface area contributed by atoms with Gasteiger partial charge in [-0.25, -0.2) is 4.68 Å². The van der Waals surface area contributed by atoms with Gasteiger partial charge in [0.05, 0.1) is 0 Å². The first-order valence-electron chi connectivity index (χ1n) is 5.54. The first-order chi connectivity index (χ1) is 8.65. The standard InChI is InChI=1S/C12H14N4O2/c1-9-3-5-11(6-4-9)18-10(2)12(17)15-16-7-13-14-8-16/h3-8,10H,1-2H3,(H,15,17). The van der Waals surface area contributed by atoms with E-state index in [0.717, 1.165) is 5.56 Å². The minimum Gasteiger partial charge on any atom is -0.481 e. The van der Waals surface area contributed by atoms with Crippen LogP contribution >= 0.6 is 0 Å². The van der Waals surface area contributed by atoms with Gasteiger partial charge in [0.2, 0.25) is 0 Å². The number of hydrogen-bond donors (Lipinski definition) is 1. The Labute approximate surface area is 105 Å². The Balaban J connectivity index is 1.93. The number of amides is 1. The summed E-state index contributed by atoms with van der Waals surface area (Å²) in [6.45, 7) is 3.67. The number of aryl methyl sites for hydroxylation is 1. The highest BCUT2D eigenvalue weighted by Gasteiger charge is 2.14. The summed E-state index contributed by atoms with van der Waals surface area (Å²) < 4.78 is 6.89. The predicted octanol–water partition coefficient (Wildman–Crippen LogP) is 1.12. The molecular weight excluding hydrogens is 232 g/mol. The molecule has 6 heteroatoms. The molecule has 1 amide bonds. The molecule has 0 aliphatic heterocycles. The number of rotatable bonds is 4. The van der Waals surface area contributed by atoms with E-state index in [1.165, 1.54) is 17.3 Å². The van der Waals surface area contributed by atoms with E-state index in [1.54, 1.807) is 6.92 Å². The zero-order chi connectivity index (χ0) is 13.0. The molecule has 0 aliphatic rings. The summed E-state index contributed by atoms with van der Waals surface area (Å²) in [6.07, 6.45) is 2.20. The molecule has 18 heavy (non-hydrogen) atoms. The quantitative estimate of drug-likeness (QED) is 0.877. The number of ether oxygens (including phenoxy) is 1. The summed E-state index contributed by atoms with van der Waals surface area (Å²) in [5, 5.41) is 7.17. The molecule has 0 spiro atoms. The van der Waals surface area contributed by atoms with Crippen LogP contribution in [0.1, 0.15) is 12.5 Å². The van der Waals surface area contributed by atoms with E-state index in [-0.39, 0.29) is 5.91 Å². The zero-order valence-corrected chi connectivity index (χ0v) is 10.2. The molecule has 6 nitrogen and oxygen atoms in total. The molecule has 0 bridgehead atoms. The van der Waals surface area contributed by atoms with Gasteiger partial charge in [0, 0.05) is 0 Å². The molecular formula is C12H14N4O2. The van der Waals surface area contributed by atoms with Crippen LogP contribution in [-0.4, -0.2) is 26.9 Å². The molecule has 1 aromatic heterocycles. The number of nitrogens with zero attached hydrogens (tertiary/aromatic N) is 3. The fourth-order valence-corrected chi connectivity index (χ4v) is 1.35. The number of carbonyl (C=O) groups is 1. The molecule has 0 saturated carbocycles. The maximum absolute atomic E-state index is 11.8. The van der Waals surface area contributed by atoms with Crippen molar-refractivity contribution in [3.8, 4) is 5.75 Å². The summed E-state index contributed by atoms with van der Waals surface area (Å²) in [4.78, 5) is 11.8. The summed E-state index contributed by atoms with van der Waals surface area (Å²) in [6, 6.07) is 7.52. The van der Waals surface area contributed by atoms with Crippen molar-refractivity contribution in [1.82, 2.24) is 14.9 Å². The highest BCUT2D eigenvalue weighted by atomic mass is 16.5. The molecule has 94 valence electrons. The van der Waals surface area contributed by atoms with Gasteiger partial charge >= 0.3 is 0 Å². The number of benzene rings is 1. The van der Waals surface area contributed by atoms with Gasteiger partial charge in [-0.2, -0.15) is 0 Å². The van der Waals surface area contributed by atoms with Gasteiger partial charge in [0.25, 0.3) is 5.91 Å². The van der Waals surface area contributed by atoms with Gasteiger partial charge in [-0.15, -0.1) is 10.2 Å². The highest BCUT2D eigenvalue weighted by Crippen LogP contribution is 2.13. The van der Waals surface area contributed by atoms with Gasteiger partial charge in [-0.1, -0.05) is 17.7 Å². The summed E-state index contributed by atoms with van der Waals surface area (Å²) in [7, 11) is 0. The summed E-state index contributed by atoms with van der Waals surface area (Å²) in [5.41, 5.74) is 3.72. The largest absolute Gasteiger partial charge is 0.481 e. The van der Waals surface area contributed by atoms with Crippen LogP contribution in [0.4, 0.5) is 0 Å². The molecule has 0 radical (unpaired) electrons. The normalized spacial score (nSPS) is 11.9. The van der Waals surface area contributed by atoms with Crippen molar-refractivity contribution >= 4 is 5.91 Å². The lowest BCUT2D eigenvalue weighted by Crippen LogP contribution is -2.34. The van der Waals surface area contributed by atoms with Crippen molar-refractivity contribution in [1.29, 1.82) is 0 Å². The molecule has 0 aliphatic carbocycles. The Morgan fingerprint density at radius 3 is 2.50 bits per heavy atom. The van der Waals surface area contributed by atoms with Crippen molar-refractivity contribution < 1.29 is 9.53 Å². The first-order valence-corrected chi connectivity index (χ1v) is 5.54. The highest BCUT2D eigenvalue weighted by molar-refractivity contribution is 5.87. The molecule has 2 rings (SSSR count). The van der Waals surface area contributed by atoms with Gasteiger partial charge in [-0.3, -0.25) is 10.2 Å². The SMILES string of the molecule is Cc1ccc(OC(C)C(=O)Nn2cnnc2)cc1. The average molecular weight is 246 g/mol. The summed E-state index contributed by atoms with van der Waals surface area (Å²) in [5.74, 6) is 0.391. The van der Waals surface area contributed by atoms with Gasteiger partial charge in [0.1, 0.15) is 18.4 Å². The lowest BCUT2D eigenvalue weighted by molar-refractivity contribution is -0.123. The smallest absolute Gasteiger partial charge is 0.279 e. The number of hydrogen-bond acceptors (Lipinski definition) is 4. The second-order valence-electron chi connectivity index (χ2n) is 3.92. The molecule has 1 heterocycles. The monoisotopic (exact) mass is 246 g/mol. The van der Waals surface area contributed by atoms with Crippen molar-refractivity contribution in [2.45, 2.75) is 20.0 Å². The third-order valence-electron chi connectivity index (χ3n) is 2.36. The van der Waals surface area contributed by atoms with Crippen molar-refractivity contribution in [3.63, 3.8) is 0 Å². The number of aromatic nitrogens is 3. The Morgan fingerprint density at radius 2 is 1.89 bits per heavy atom. The van der Waals surface area contributed by atoms with E-state index in [4.69, 9.17) is 4.74 Å². The maximum Gasteiger partial charge on any atom is 0.279 e. The minimum absolute atomic E-state index is 0.268. The van der Waals surface area contributed by atoms with E-state index >= 15 is 0 Å². The van der Waals surface area contributed by atoms with E-state index in [9.17, 15) is 4.79 Å². The lowest BCUT2D eigenvalue weighted by atomic mass is 10.2. The fourth-order valence-electron chi connectivity index (χ4n) is 1.35. The van der Waals surface area contributed by atoms with Crippen molar-refractivity contribution in [3.05, 3.63) is 42.5 Å². The van der Waals surface area contributed by atoms with Gasteiger partial charge in [-0.05, 0) is 26.0 Å². The average Bonchev–Trinajstić information content (AvgIpc) is 2.85. The minimum atomic E-state index is -0.602. The molecule has 0 saturated heterocycles. The van der Waals surface area contributed by atoms with Crippen LogP contribution in [0, 0.1) is 6.92 Å². The molecule has 2 aromatic rings. The van der Waals surface area contributed by atoms with E-state index in [2.05, 4.69) is 15.6 Å². The van der Waals surface area contributed by atoms with Crippen LogP contribution in [-0.2, 0) is 4.79 Å². The Morgan fingerprint density at radius 1 is 1.28 bits per heavy atom. The second-order valence-corrected chi connectivity index (χ2v) is 3.92. The van der Waals surface area contributed by atoms with Crippen LogP contribution in [0.25, 0.3) is 0 Å². The fraction of sp³-hybridized carbons (Fsp3) is 0.250. The van der Waals surface area contributed by atoms with Gasteiger partial charge < -0.3 is 4.74 Å². The second kappa shape index (κ2) is 5.31. The van der Waals surface area contributed by atoms with Crippen LogP contribution in [0.15, 0.2) is 36.9 Å². The molecule has 1 unspecified atom stereocenters. The van der Waals surface area contributed by atoms with Crippen molar-refractivity contribution in [2.24, 2.45) is 0 Å². The Hall–Kier alpha value is -2.37. The predicted molar refractivity (Wildman–Crippen MR) is 65.7 cm³/mol. The van der Waals surface area contributed by atoms with Crippen LogP contribution in [0.5, 0.6) is 5.75 Å². The van der Waals surface area contributed by atoms with Crippen molar-refractivity contribution in [2.75, 3.05) is 5.43 Å². The molecule has 1 N–H and O–H groups in total. The van der Waals surface area contributed by atoms with E-state index in [1.807, 2.05) is 31.2 Å². The third-order valence-corrected chi connectivity index (χ3v) is 2.36. The number of nitrogens with one attached hydrogen (secondary N) is 1. The molecule has 1 aromatic carbocycles. The molecule has 0 fully saturated rings. The van der Waals surface area contributed by atoms with Crippen LogP contribution in [0.3, 0.4) is 0 Å². The summed E-state index contributed by atoms with van der Waals surface area (Å²) >= 11 is 0. The lowest BCUT2D eigenvalue weighted by Gasteiger charge is -2.14. The zero-order valence-electron chi connectivity index (χ0n) is 10.2. The van der Waals surface area contributed by atoms with Crippen LogP contribution < -0.4 is 10.2 Å². The molecule has 1 atom stereocenters. The van der Waals surface area contributed by atoms with Gasteiger partial charge in [0.15, 0.2) is 6.10 Å². The Bertz CT molecular complexity index is 507. The number of carbonyl (C=O) groups excluding carboxylic acids is 1. The van der Waals surface area contributed by atoms with E-state index < -0.39 is 6.10 Å². The Kier molecular flexibility index (Phi) is 3.57. The maximum atomic E-state index is 11.8. The van der Waals surface area contributed by atoms with Crippen LogP contribution in [0.2, 0.25) is 0 Å².